The molecule has 1 amide bonds. The third kappa shape index (κ3) is 3.10. The summed E-state index contributed by atoms with van der Waals surface area (Å²) in [6.45, 7) is 1.78. The molecule has 1 N–H and O–H groups in total. The first kappa shape index (κ1) is 15.7. The van der Waals surface area contributed by atoms with Crippen molar-refractivity contribution in [2.24, 2.45) is 0 Å². The second-order valence-corrected chi connectivity index (χ2v) is 5.45. The molecule has 0 atom stereocenters. The van der Waals surface area contributed by atoms with E-state index in [-0.39, 0.29) is 24.0 Å². The lowest BCUT2D eigenvalue weighted by Crippen LogP contribution is -2.18. The number of fused-ring (bicyclic) bond motifs is 1. The lowest BCUT2D eigenvalue weighted by atomic mass is 10.2. The van der Waals surface area contributed by atoms with Gasteiger partial charge in [-0.15, -0.1) is 0 Å². The molecule has 0 fully saturated rings. The molecule has 3 aromatic rings. The van der Waals surface area contributed by atoms with Crippen LogP contribution in [0.15, 0.2) is 48.7 Å². The second-order valence-electron chi connectivity index (χ2n) is 5.45. The lowest BCUT2D eigenvalue weighted by Gasteiger charge is -2.09. The summed E-state index contributed by atoms with van der Waals surface area (Å²) < 4.78 is 14.9. The molecule has 0 bridgehead atoms. The van der Waals surface area contributed by atoms with Crippen molar-refractivity contribution in [2.45, 2.75) is 13.5 Å². The first-order valence-electron chi connectivity index (χ1n) is 7.23. The third-order valence-corrected chi connectivity index (χ3v) is 3.75. The summed E-state index contributed by atoms with van der Waals surface area (Å²) in [5, 5.41) is 14.2. The molecule has 1 aromatic heterocycles. The van der Waals surface area contributed by atoms with Gasteiger partial charge in [0.25, 0.3) is 5.69 Å². The van der Waals surface area contributed by atoms with Gasteiger partial charge in [0.05, 0.1) is 10.6 Å². The van der Waals surface area contributed by atoms with Crippen LogP contribution in [-0.4, -0.2) is 15.4 Å². The van der Waals surface area contributed by atoms with Gasteiger partial charge in [-0.25, -0.2) is 4.39 Å². The average Bonchev–Trinajstić information content (AvgIpc) is 2.91. The van der Waals surface area contributed by atoms with Crippen molar-refractivity contribution in [1.29, 1.82) is 0 Å². The Balaban J connectivity index is 1.80. The molecule has 0 saturated carbocycles. The van der Waals surface area contributed by atoms with E-state index in [2.05, 4.69) is 5.32 Å². The fourth-order valence-electron chi connectivity index (χ4n) is 2.51. The van der Waals surface area contributed by atoms with Crippen molar-refractivity contribution in [3.05, 3.63) is 70.2 Å². The van der Waals surface area contributed by atoms with E-state index in [4.69, 9.17) is 0 Å². The quantitative estimate of drug-likeness (QED) is 0.587. The summed E-state index contributed by atoms with van der Waals surface area (Å²) in [5.74, 6) is -0.655. The molecule has 0 aliphatic rings. The minimum Gasteiger partial charge on any atom is -0.338 e. The van der Waals surface area contributed by atoms with Crippen molar-refractivity contribution in [3.63, 3.8) is 0 Å². The van der Waals surface area contributed by atoms with E-state index in [0.29, 0.717) is 11.1 Å². The highest BCUT2D eigenvalue weighted by Gasteiger charge is 2.12. The highest BCUT2D eigenvalue weighted by molar-refractivity contribution is 5.93. The predicted octanol–water partition coefficient (Wildman–Crippen LogP) is 3.64. The number of hydrogen-bond donors (Lipinski definition) is 1. The summed E-state index contributed by atoms with van der Waals surface area (Å²) in [7, 11) is 0. The normalized spacial score (nSPS) is 10.8. The number of nitrogens with zero attached hydrogens (tertiary/aromatic N) is 2. The third-order valence-electron chi connectivity index (χ3n) is 3.75. The van der Waals surface area contributed by atoms with Crippen LogP contribution in [0.5, 0.6) is 0 Å². The first-order valence-corrected chi connectivity index (χ1v) is 7.23. The van der Waals surface area contributed by atoms with Gasteiger partial charge < -0.3 is 9.88 Å². The Morgan fingerprint density at radius 2 is 2.04 bits per heavy atom. The van der Waals surface area contributed by atoms with Gasteiger partial charge in [0.1, 0.15) is 12.4 Å². The highest BCUT2D eigenvalue weighted by Crippen LogP contribution is 2.22. The van der Waals surface area contributed by atoms with Gasteiger partial charge in [0.2, 0.25) is 5.91 Å². The number of aromatic nitrogens is 1. The smallest absolute Gasteiger partial charge is 0.271 e. The number of carbonyl (C=O) groups excluding carboxylic acids is 1. The number of nitro benzene ring substituents is 1. The summed E-state index contributed by atoms with van der Waals surface area (Å²) >= 11 is 0. The monoisotopic (exact) mass is 327 g/mol. The molecule has 6 nitrogen and oxygen atoms in total. The van der Waals surface area contributed by atoms with Crippen LogP contribution in [0.2, 0.25) is 0 Å². The van der Waals surface area contributed by atoms with Gasteiger partial charge >= 0.3 is 0 Å². The molecule has 2 aromatic carbocycles. The molecule has 0 aliphatic carbocycles. The maximum atomic E-state index is 13.2. The Labute approximate surface area is 136 Å². The Morgan fingerprint density at radius 3 is 2.79 bits per heavy atom. The Bertz CT molecular complexity index is 949. The van der Waals surface area contributed by atoms with Crippen LogP contribution in [0.1, 0.15) is 5.56 Å². The molecule has 0 saturated heterocycles. The van der Waals surface area contributed by atoms with E-state index in [1.807, 2.05) is 0 Å². The van der Waals surface area contributed by atoms with Crippen molar-refractivity contribution in [3.8, 4) is 0 Å². The van der Waals surface area contributed by atoms with Crippen LogP contribution in [-0.2, 0) is 11.3 Å². The number of benzene rings is 2. The number of amides is 1. The zero-order chi connectivity index (χ0) is 17.3. The number of non-ortho nitro benzene ring substituents is 1. The summed E-state index contributed by atoms with van der Waals surface area (Å²) in [5.41, 5.74) is 1.78. The first-order chi connectivity index (χ1) is 11.4. The van der Waals surface area contributed by atoms with Gasteiger partial charge in [-0.3, -0.25) is 14.9 Å². The standard InChI is InChI=1S/C17H14FN3O3/c1-11-2-4-14(21(23)24)9-15(11)19-17(22)10-20-7-6-12-8-13(18)3-5-16(12)20/h2-9H,10H2,1H3,(H,19,22). The Morgan fingerprint density at radius 1 is 1.25 bits per heavy atom. The minimum absolute atomic E-state index is 0.0251. The molecule has 122 valence electrons. The highest BCUT2D eigenvalue weighted by atomic mass is 19.1. The van der Waals surface area contributed by atoms with Crippen LogP contribution in [0.3, 0.4) is 0 Å². The van der Waals surface area contributed by atoms with Crippen molar-refractivity contribution >= 4 is 28.2 Å². The van der Waals surface area contributed by atoms with Crippen LogP contribution < -0.4 is 5.32 Å². The second kappa shape index (κ2) is 6.11. The fraction of sp³-hybridized carbons (Fsp3) is 0.118. The summed E-state index contributed by atoms with van der Waals surface area (Å²) in [6.07, 6.45) is 1.70. The summed E-state index contributed by atoms with van der Waals surface area (Å²) in [4.78, 5) is 22.6. The van der Waals surface area contributed by atoms with Gasteiger partial charge in [0.15, 0.2) is 0 Å². The Kier molecular flexibility index (Phi) is 3.99. The number of anilines is 1. The molecule has 0 aliphatic heterocycles. The molecule has 0 unspecified atom stereocenters. The average molecular weight is 327 g/mol. The van der Waals surface area contributed by atoms with Crippen molar-refractivity contribution in [2.75, 3.05) is 5.32 Å². The molecule has 0 radical (unpaired) electrons. The topological polar surface area (TPSA) is 77.2 Å². The largest absolute Gasteiger partial charge is 0.338 e. The zero-order valence-electron chi connectivity index (χ0n) is 12.8. The SMILES string of the molecule is Cc1ccc([N+](=O)[O-])cc1NC(=O)Cn1ccc2cc(F)ccc21. The van der Waals surface area contributed by atoms with Gasteiger partial charge in [-0.1, -0.05) is 6.07 Å². The van der Waals surface area contributed by atoms with E-state index in [1.165, 1.54) is 24.3 Å². The molecule has 24 heavy (non-hydrogen) atoms. The maximum absolute atomic E-state index is 13.2. The van der Waals surface area contributed by atoms with Crippen molar-refractivity contribution < 1.29 is 14.1 Å². The van der Waals surface area contributed by atoms with E-state index in [1.54, 1.807) is 35.9 Å². The van der Waals surface area contributed by atoms with E-state index < -0.39 is 4.92 Å². The van der Waals surface area contributed by atoms with Crippen LogP contribution in [0.4, 0.5) is 15.8 Å². The van der Waals surface area contributed by atoms with Gasteiger partial charge in [-0.05, 0) is 36.8 Å². The molecule has 1 heterocycles. The van der Waals surface area contributed by atoms with Gasteiger partial charge in [0, 0.05) is 29.2 Å². The van der Waals surface area contributed by atoms with E-state index in [9.17, 15) is 19.3 Å². The molecule has 0 spiro atoms. The number of aryl methyl sites for hydroxylation is 1. The number of hydrogen-bond acceptors (Lipinski definition) is 3. The number of nitro groups is 1. The molecular weight excluding hydrogens is 313 g/mol. The molecular formula is C17H14FN3O3. The molecule has 7 heteroatoms. The number of nitrogens with one attached hydrogen (secondary N) is 1. The summed E-state index contributed by atoms with van der Waals surface area (Å²) in [6, 6.07) is 10.4. The fourth-order valence-corrected chi connectivity index (χ4v) is 2.51. The van der Waals surface area contributed by atoms with Crippen LogP contribution >= 0.6 is 0 Å². The predicted molar refractivity (Wildman–Crippen MR) is 88.4 cm³/mol. The Hall–Kier alpha value is -3.22. The van der Waals surface area contributed by atoms with Gasteiger partial charge in [-0.2, -0.15) is 0 Å². The van der Waals surface area contributed by atoms with Crippen molar-refractivity contribution in [1.82, 2.24) is 4.57 Å². The minimum atomic E-state index is -0.511. The molecule has 3 rings (SSSR count). The van der Waals surface area contributed by atoms with Crippen LogP contribution in [0, 0.1) is 22.9 Å². The lowest BCUT2D eigenvalue weighted by molar-refractivity contribution is -0.384. The zero-order valence-corrected chi connectivity index (χ0v) is 12.8. The number of rotatable bonds is 4. The number of halogens is 1. The maximum Gasteiger partial charge on any atom is 0.271 e. The van der Waals surface area contributed by atoms with E-state index in [0.717, 1.165) is 11.1 Å². The van der Waals surface area contributed by atoms with E-state index >= 15 is 0 Å². The number of carbonyl (C=O) groups is 1. The van der Waals surface area contributed by atoms with Crippen LogP contribution in [0.25, 0.3) is 10.9 Å².